The predicted octanol–water partition coefficient (Wildman–Crippen LogP) is 4.21. The summed E-state index contributed by atoms with van der Waals surface area (Å²) in [5.74, 6) is -0.175. The summed E-state index contributed by atoms with van der Waals surface area (Å²) in [6.07, 6.45) is -0.0771. The molecule has 0 radical (unpaired) electrons. The van der Waals surface area contributed by atoms with Crippen molar-refractivity contribution in [1.82, 2.24) is 10.2 Å². The number of ether oxygens (including phenoxy) is 1. The number of carbonyl (C=O) groups is 1. The Bertz CT molecular complexity index is 1070. The second-order valence-corrected chi connectivity index (χ2v) is 8.63. The minimum absolute atomic E-state index is 0.175. The number of aliphatic hydroxyl groups is 1. The SMILES string of the molecule is CCOCCN(C)Cc1ccc2c(c1)[C@@H](NC(=O)c1ccc(-c3ccccc3)cc1)C(O)C2. The lowest BCUT2D eigenvalue weighted by molar-refractivity contribution is 0.0858. The first-order valence-electron chi connectivity index (χ1n) is 11.6. The Morgan fingerprint density at radius 3 is 2.52 bits per heavy atom. The first kappa shape index (κ1) is 23.2. The number of hydrogen-bond donors (Lipinski definition) is 2. The number of nitrogens with zero attached hydrogens (tertiary/aromatic N) is 1. The first-order valence-corrected chi connectivity index (χ1v) is 11.6. The van der Waals surface area contributed by atoms with Gasteiger partial charge in [0, 0.05) is 31.7 Å². The number of nitrogens with one attached hydrogen (secondary N) is 1. The zero-order valence-corrected chi connectivity index (χ0v) is 19.3. The normalized spacial score (nSPS) is 17.2. The van der Waals surface area contributed by atoms with Crippen molar-refractivity contribution in [1.29, 1.82) is 0 Å². The van der Waals surface area contributed by atoms with Crippen LogP contribution in [0.2, 0.25) is 0 Å². The molecule has 4 rings (SSSR count). The topological polar surface area (TPSA) is 61.8 Å². The Kier molecular flexibility index (Phi) is 7.55. The molecule has 33 heavy (non-hydrogen) atoms. The standard InChI is InChI=1S/C28H32N2O3/c1-3-33-16-15-30(2)19-20-9-10-24-18-26(31)27(25(24)17-20)29-28(32)23-13-11-22(12-14-23)21-7-5-4-6-8-21/h4-14,17,26-27,31H,3,15-16,18-19H2,1-2H3,(H,29,32)/t26?,27-/m1/s1. The van der Waals surface area contributed by atoms with Crippen molar-refractivity contribution in [3.05, 3.63) is 95.1 Å². The zero-order valence-electron chi connectivity index (χ0n) is 19.3. The van der Waals surface area contributed by atoms with Gasteiger partial charge in [-0.3, -0.25) is 9.69 Å². The summed E-state index contributed by atoms with van der Waals surface area (Å²) in [6, 6.07) is 23.6. The van der Waals surface area contributed by atoms with Crippen molar-refractivity contribution in [2.75, 3.05) is 26.8 Å². The van der Waals surface area contributed by atoms with Crippen LogP contribution in [0.5, 0.6) is 0 Å². The van der Waals surface area contributed by atoms with Gasteiger partial charge in [-0.15, -0.1) is 0 Å². The summed E-state index contributed by atoms with van der Waals surface area (Å²) in [4.78, 5) is 15.2. The van der Waals surface area contributed by atoms with Crippen LogP contribution in [0.1, 0.15) is 40.0 Å². The molecule has 3 aromatic rings. The van der Waals surface area contributed by atoms with E-state index in [1.54, 1.807) is 0 Å². The van der Waals surface area contributed by atoms with E-state index in [-0.39, 0.29) is 5.91 Å². The van der Waals surface area contributed by atoms with Gasteiger partial charge in [0.25, 0.3) is 5.91 Å². The lowest BCUT2D eigenvalue weighted by atomic mass is 10.0. The van der Waals surface area contributed by atoms with Crippen molar-refractivity contribution >= 4 is 5.91 Å². The highest BCUT2D eigenvalue weighted by molar-refractivity contribution is 5.95. The van der Waals surface area contributed by atoms with Gasteiger partial charge < -0.3 is 15.2 Å². The van der Waals surface area contributed by atoms with Gasteiger partial charge in [0.1, 0.15) is 0 Å². The van der Waals surface area contributed by atoms with E-state index in [0.29, 0.717) is 18.6 Å². The number of aliphatic hydroxyl groups excluding tert-OH is 1. The fourth-order valence-electron chi connectivity index (χ4n) is 4.37. The number of fused-ring (bicyclic) bond motifs is 1. The smallest absolute Gasteiger partial charge is 0.251 e. The molecule has 0 saturated carbocycles. The van der Waals surface area contributed by atoms with Crippen LogP contribution in [0.25, 0.3) is 11.1 Å². The van der Waals surface area contributed by atoms with Crippen LogP contribution in [-0.2, 0) is 17.7 Å². The quantitative estimate of drug-likeness (QED) is 0.486. The summed E-state index contributed by atoms with van der Waals surface area (Å²) in [5, 5.41) is 13.7. The lowest BCUT2D eigenvalue weighted by Gasteiger charge is -2.20. The van der Waals surface area contributed by atoms with E-state index < -0.39 is 12.1 Å². The zero-order chi connectivity index (χ0) is 23.2. The summed E-state index contributed by atoms with van der Waals surface area (Å²) in [6.45, 7) is 5.07. The molecule has 172 valence electrons. The molecular formula is C28H32N2O3. The Morgan fingerprint density at radius 2 is 1.79 bits per heavy atom. The second-order valence-electron chi connectivity index (χ2n) is 8.63. The molecule has 0 bridgehead atoms. The molecule has 0 aromatic heterocycles. The second kappa shape index (κ2) is 10.8. The van der Waals surface area contributed by atoms with Crippen molar-refractivity contribution in [3.8, 4) is 11.1 Å². The summed E-state index contributed by atoms with van der Waals surface area (Å²) in [7, 11) is 2.07. The molecule has 2 N–H and O–H groups in total. The van der Waals surface area contributed by atoms with E-state index in [0.717, 1.165) is 47.5 Å². The third-order valence-electron chi connectivity index (χ3n) is 6.17. The maximum Gasteiger partial charge on any atom is 0.251 e. The number of hydrogen-bond acceptors (Lipinski definition) is 4. The van der Waals surface area contributed by atoms with E-state index in [2.05, 4.69) is 35.5 Å². The average Bonchev–Trinajstić information content (AvgIpc) is 3.14. The molecule has 1 aliphatic rings. The van der Waals surface area contributed by atoms with Crippen LogP contribution in [0.3, 0.4) is 0 Å². The van der Waals surface area contributed by atoms with Crippen LogP contribution < -0.4 is 5.32 Å². The Labute approximate surface area is 196 Å². The molecule has 0 spiro atoms. The molecule has 5 nitrogen and oxygen atoms in total. The fourth-order valence-corrected chi connectivity index (χ4v) is 4.37. The molecule has 0 aliphatic heterocycles. The molecule has 3 aromatic carbocycles. The minimum atomic E-state index is -0.626. The number of carbonyl (C=O) groups excluding carboxylic acids is 1. The van der Waals surface area contributed by atoms with Gasteiger partial charge >= 0.3 is 0 Å². The predicted molar refractivity (Wildman–Crippen MR) is 131 cm³/mol. The van der Waals surface area contributed by atoms with Gasteiger partial charge in [0.05, 0.1) is 18.8 Å². The number of amides is 1. The molecule has 1 amide bonds. The number of benzene rings is 3. The summed E-state index contributed by atoms with van der Waals surface area (Å²) in [5.41, 5.74) is 6.02. The summed E-state index contributed by atoms with van der Waals surface area (Å²) < 4.78 is 5.44. The highest BCUT2D eigenvalue weighted by Crippen LogP contribution is 2.33. The molecule has 1 unspecified atom stereocenters. The third-order valence-corrected chi connectivity index (χ3v) is 6.17. The molecule has 5 heteroatoms. The van der Waals surface area contributed by atoms with E-state index in [4.69, 9.17) is 4.74 Å². The summed E-state index contributed by atoms with van der Waals surface area (Å²) >= 11 is 0. The van der Waals surface area contributed by atoms with Crippen molar-refractivity contribution in [2.45, 2.75) is 32.0 Å². The molecule has 1 aliphatic carbocycles. The molecular weight excluding hydrogens is 412 g/mol. The molecule has 0 heterocycles. The Balaban J connectivity index is 1.44. The van der Waals surface area contributed by atoms with Crippen molar-refractivity contribution in [3.63, 3.8) is 0 Å². The molecule has 0 saturated heterocycles. The van der Waals surface area contributed by atoms with Crippen LogP contribution in [0.15, 0.2) is 72.8 Å². The van der Waals surface area contributed by atoms with Gasteiger partial charge in [0.2, 0.25) is 0 Å². The van der Waals surface area contributed by atoms with Gasteiger partial charge in [-0.2, -0.15) is 0 Å². The van der Waals surface area contributed by atoms with Gasteiger partial charge in [0.15, 0.2) is 0 Å². The van der Waals surface area contributed by atoms with E-state index >= 15 is 0 Å². The number of likely N-dealkylation sites (N-methyl/N-ethyl adjacent to an activating group) is 1. The number of rotatable bonds is 9. The Morgan fingerprint density at radius 1 is 1.06 bits per heavy atom. The fraction of sp³-hybridized carbons (Fsp3) is 0.321. The maximum absolute atomic E-state index is 13.0. The monoisotopic (exact) mass is 444 g/mol. The highest BCUT2D eigenvalue weighted by atomic mass is 16.5. The average molecular weight is 445 g/mol. The maximum atomic E-state index is 13.0. The van der Waals surface area contributed by atoms with E-state index in [1.165, 1.54) is 0 Å². The van der Waals surface area contributed by atoms with Crippen molar-refractivity contribution in [2.24, 2.45) is 0 Å². The minimum Gasteiger partial charge on any atom is -0.390 e. The van der Waals surface area contributed by atoms with Gasteiger partial charge in [-0.25, -0.2) is 0 Å². The Hall–Kier alpha value is -2.99. The van der Waals surface area contributed by atoms with Gasteiger partial charge in [-0.05, 0) is 53.9 Å². The van der Waals surface area contributed by atoms with Crippen LogP contribution in [0, 0.1) is 0 Å². The highest BCUT2D eigenvalue weighted by Gasteiger charge is 2.32. The van der Waals surface area contributed by atoms with Crippen LogP contribution >= 0.6 is 0 Å². The first-order chi connectivity index (χ1) is 16.0. The largest absolute Gasteiger partial charge is 0.390 e. The molecule has 2 atom stereocenters. The van der Waals surface area contributed by atoms with E-state index in [9.17, 15) is 9.90 Å². The van der Waals surface area contributed by atoms with Crippen LogP contribution in [0.4, 0.5) is 0 Å². The third kappa shape index (κ3) is 5.69. The lowest BCUT2D eigenvalue weighted by Crippen LogP contribution is -2.34. The van der Waals surface area contributed by atoms with E-state index in [1.807, 2.05) is 61.5 Å². The van der Waals surface area contributed by atoms with Gasteiger partial charge in [-0.1, -0.05) is 60.7 Å². The molecule has 0 fully saturated rings. The van der Waals surface area contributed by atoms with Crippen molar-refractivity contribution < 1.29 is 14.6 Å². The van der Waals surface area contributed by atoms with Crippen LogP contribution in [-0.4, -0.2) is 48.8 Å².